The van der Waals surface area contributed by atoms with E-state index < -0.39 is 0 Å². The van der Waals surface area contributed by atoms with Crippen LogP contribution in [0.1, 0.15) is 109 Å². The Labute approximate surface area is 151 Å². The molecule has 0 N–H and O–H groups in total. The van der Waals surface area contributed by atoms with Crippen molar-refractivity contribution in [2.75, 3.05) is 0 Å². The van der Waals surface area contributed by atoms with Gasteiger partial charge < -0.3 is 0 Å². The Morgan fingerprint density at radius 3 is 2.17 bits per heavy atom. The summed E-state index contributed by atoms with van der Waals surface area (Å²) < 4.78 is 0. The molecule has 136 valence electrons. The molecular weight excluding hydrogens is 288 g/mol. The molecule has 1 saturated carbocycles. The number of hydrogen-bond donors (Lipinski definition) is 0. The summed E-state index contributed by atoms with van der Waals surface area (Å²) in [6, 6.07) is 7.24. The molecule has 24 heavy (non-hydrogen) atoms. The molecule has 0 aliphatic heterocycles. The lowest BCUT2D eigenvalue weighted by Gasteiger charge is -2.55. The average molecular weight is 329 g/mol. The van der Waals surface area contributed by atoms with Crippen LogP contribution in [0.4, 0.5) is 0 Å². The van der Waals surface area contributed by atoms with E-state index >= 15 is 0 Å². The molecule has 1 aromatic rings. The van der Waals surface area contributed by atoms with Crippen LogP contribution in [0, 0.1) is 5.41 Å². The highest BCUT2D eigenvalue weighted by Crippen LogP contribution is 2.59. The van der Waals surface area contributed by atoms with Crippen molar-refractivity contribution in [1.82, 2.24) is 0 Å². The van der Waals surface area contributed by atoms with Crippen molar-refractivity contribution in [3.8, 4) is 0 Å². The van der Waals surface area contributed by atoms with Crippen LogP contribution >= 0.6 is 0 Å². The molecule has 1 aromatic carbocycles. The van der Waals surface area contributed by atoms with E-state index in [0.29, 0.717) is 10.8 Å². The summed E-state index contributed by atoms with van der Waals surface area (Å²) in [6.07, 6.45) is 14.8. The minimum Gasteiger partial charge on any atom is -0.0654 e. The van der Waals surface area contributed by atoms with Crippen molar-refractivity contribution < 1.29 is 0 Å². The lowest BCUT2D eigenvalue weighted by molar-refractivity contribution is 0.0344. The quantitative estimate of drug-likeness (QED) is 0.460. The van der Waals surface area contributed by atoms with E-state index in [9.17, 15) is 0 Å². The summed E-state index contributed by atoms with van der Waals surface area (Å²) >= 11 is 0. The number of benzene rings is 1. The maximum Gasteiger partial charge on any atom is 0.00120 e. The fourth-order valence-electron chi connectivity index (χ4n) is 5.93. The lowest BCUT2D eigenvalue weighted by Crippen LogP contribution is -2.48. The normalized spacial score (nSPS) is 23.4. The highest BCUT2D eigenvalue weighted by atomic mass is 14.5. The molecule has 1 aliphatic carbocycles. The first-order valence-electron chi connectivity index (χ1n) is 10.8. The molecule has 1 unspecified atom stereocenters. The largest absolute Gasteiger partial charge is 0.0654 e. The predicted octanol–water partition coefficient (Wildman–Crippen LogP) is 7.62. The van der Waals surface area contributed by atoms with Crippen LogP contribution in [0.5, 0.6) is 0 Å². The Bertz CT molecular complexity index is 509. The Morgan fingerprint density at radius 1 is 0.875 bits per heavy atom. The van der Waals surface area contributed by atoms with Crippen LogP contribution in [0.2, 0.25) is 0 Å². The highest BCUT2D eigenvalue weighted by Gasteiger charge is 2.51. The first kappa shape index (κ1) is 19.5. The second kappa shape index (κ2) is 8.54. The molecule has 0 aromatic heterocycles. The van der Waals surface area contributed by atoms with Gasteiger partial charge in [0.2, 0.25) is 0 Å². The monoisotopic (exact) mass is 328 g/mol. The van der Waals surface area contributed by atoms with E-state index in [-0.39, 0.29) is 0 Å². The van der Waals surface area contributed by atoms with Crippen LogP contribution < -0.4 is 0 Å². The van der Waals surface area contributed by atoms with E-state index in [4.69, 9.17) is 0 Å². The first-order chi connectivity index (χ1) is 11.6. The van der Waals surface area contributed by atoms with Gasteiger partial charge in [0.15, 0.2) is 0 Å². The standard InChI is InChI=1S/C24H40/c1-6-11-18-24(19-13-12-17-23(24,9-4)10-5)22-16-14-15-20(7-2)21(22)8-3/h14-16H,6-13,17-19H2,1-5H3. The van der Waals surface area contributed by atoms with E-state index in [1.54, 1.807) is 16.7 Å². The van der Waals surface area contributed by atoms with Crippen molar-refractivity contribution >= 4 is 0 Å². The zero-order chi connectivity index (χ0) is 17.6. The molecule has 1 aliphatic rings. The van der Waals surface area contributed by atoms with Gasteiger partial charge in [-0.3, -0.25) is 0 Å². The molecule has 2 rings (SSSR count). The van der Waals surface area contributed by atoms with Crippen LogP contribution in [-0.2, 0) is 18.3 Å². The Hall–Kier alpha value is -0.780. The van der Waals surface area contributed by atoms with Gasteiger partial charge in [0, 0.05) is 5.41 Å². The molecule has 0 heterocycles. The maximum absolute atomic E-state index is 2.51. The average Bonchev–Trinajstić information content (AvgIpc) is 2.65. The van der Waals surface area contributed by atoms with Crippen LogP contribution in [0.3, 0.4) is 0 Å². The molecule has 0 nitrogen and oxygen atoms in total. The smallest absolute Gasteiger partial charge is 0.00120 e. The van der Waals surface area contributed by atoms with Crippen molar-refractivity contribution in [3.63, 3.8) is 0 Å². The maximum atomic E-state index is 2.51. The molecule has 1 fully saturated rings. The Kier molecular flexibility index (Phi) is 6.96. The molecular formula is C24H40. The molecule has 0 saturated heterocycles. The summed E-state index contributed by atoms with van der Waals surface area (Å²) in [5.41, 5.74) is 5.95. The van der Waals surface area contributed by atoms with Gasteiger partial charge in [0.25, 0.3) is 0 Å². The summed E-state index contributed by atoms with van der Waals surface area (Å²) in [4.78, 5) is 0. The zero-order valence-electron chi connectivity index (χ0n) is 17.0. The molecule has 0 bridgehead atoms. The third kappa shape index (κ3) is 3.18. The topological polar surface area (TPSA) is 0 Å². The van der Waals surface area contributed by atoms with Crippen LogP contribution in [-0.4, -0.2) is 0 Å². The molecule has 1 atom stereocenters. The van der Waals surface area contributed by atoms with Gasteiger partial charge in [-0.05, 0) is 67.1 Å². The molecule has 0 heteroatoms. The van der Waals surface area contributed by atoms with Gasteiger partial charge in [0.05, 0.1) is 0 Å². The SMILES string of the molecule is CCCCC1(c2cccc(CC)c2CC)CCCCC1(CC)CC. The summed E-state index contributed by atoms with van der Waals surface area (Å²) in [7, 11) is 0. The second-order valence-electron chi connectivity index (χ2n) is 8.03. The summed E-state index contributed by atoms with van der Waals surface area (Å²) in [6.45, 7) is 12.0. The Balaban J connectivity index is 2.67. The fourth-order valence-corrected chi connectivity index (χ4v) is 5.93. The van der Waals surface area contributed by atoms with Gasteiger partial charge in [-0.25, -0.2) is 0 Å². The lowest BCUT2D eigenvalue weighted by atomic mass is 9.49. The van der Waals surface area contributed by atoms with Crippen molar-refractivity contribution in [1.29, 1.82) is 0 Å². The summed E-state index contributed by atoms with van der Waals surface area (Å²) in [5.74, 6) is 0. The van der Waals surface area contributed by atoms with Gasteiger partial charge in [-0.2, -0.15) is 0 Å². The van der Waals surface area contributed by atoms with Gasteiger partial charge in [-0.1, -0.05) is 78.5 Å². The van der Waals surface area contributed by atoms with E-state index in [1.165, 1.54) is 70.6 Å². The van der Waals surface area contributed by atoms with Gasteiger partial charge >= 0.3 is 0 Å². The van der Waals surface area contributed by atoms with Crippen molar-refractivity contribution in [2.45, 2.75) is 111 Å². The van der Waals surface area contributed by atoms with E-state index in [2.05, 4.69) is 52.8 Å². The highest BCUT2D eigenvalue weighted by molar-refractivity contribution is 5.42. The first-order valence-corrected chi connectivity index (χ1v) is 10.8. The number of aryl methyl sites for hydroxylation is 1. The summed E-state index contributed by atoms with van der Waals surface area (Å²) in [5, 5.41) is 0. The van der Waals surface area contributed by atoms with Crippen molar-refractivity contribution in [3.05, 3.63) is 34.9 Å². The fraction of sp³-hybridized carbons (Fsp3) is 0.750. The molecule has 0 radical (unpaired) electrons. The molecule has 0 amide bonds. The van der Waals surface area contributed by atoms with Crippen LogP contribution in [0.25, 0.3) is 0 Å². The molecule has 0 spiro atoms. The van der Waals surface area contributed by atoms with E-state index in [0.717, 1.165) is 0 Å². The predicted molar refractivity (Wildman–Crippen MR) is 108 cm³/mol. The van der Waals surface area contributed by atoms with E-state index in [1.807, 2.05) is 0 Å². The third-order valence-electron chi connectivity index (χ3n) is 7.36. The number of unbranched alkanes of at least 4 members (excludes halogenated alkanes) is 1. The number of rotatable bonds is 8. The number of hydrogen-bond acceptors (Lipinski definition) is 0. The van der Waals surface area contributed by atoms with Gasteiger partial charge in [-0.15, -0.1) is 0 Å². The van der Waals surface area contributed by atoms with Gasteiger partial charge in [0.1, 0.15) is 0 Å². The third-order valence-corrected chi connectivity index (χ3v) is 7.36. The Morgan fingerprint density at radius 2 is 1.58 bits per heavy atom. The van der Waals surface area contributed by atoms with Crippen LogP contribution in [0.15, 0.2) is 18.2 Å². The zero-order valence-corrected chi connectivity index (χ0v) is 17.0. The van der Waals surface area contributed by atoms with Crippen molar-refractivity contribution in [2.24, 2.45) is 5.41 Å². The second-order valence-corrected chi connectivity index (χ2v) is 8.03. The minimum absolute atomic E-state index is 0.418. The minimum atomic E-state index is 0.418.